The van der Waals surface area contributed by atoms with Gasteiger partial charge in [0.25, 0.3) is 0 Å². The second kappa shape index (κ2) is 4.01. The predicted octanol–water partition coefficient (Wildman–Crippen LogP) is 2.02. The number of thiophene rings is 1. The highest BCUT2D eigenvalue weighted by molar-refractivity contribution is 7.10. The molecule has 1 aromatic rings. The van der Waals surface area contributed by atoms with E-state index in [1.807, 2.05) is 11.3 Å². The van der Waals surface area contributed by atoms with Gasteiger partial charge < -0.3 is 5.73 Å². The lowest BCUT2D eigenvalue weighted by atomic mass is 9.85. The summed E-state index contributed by atoms with van der Waals surface area (Å²) < 4.78 is 0. The molecule has 78 valence electrons. The molecule has 1 fully saturated rings. The molecule has 1 aliphatic rings. The van der Waals surface area contributed by atoms with Crippen LogP contribution in [-0.2, 0) is 5.54 Å². The fraction of sp³-hybridized carbons (Fsp3) is 0.636. The van der Waals surface area contributed by atoms with Gasteiger partial charge in [0.2, 0.25) is 0 Å². The lowest BCUT2D eigenvalue weighted by molar-refractivity contribution is 0.0818. The highest BCUT2D eigenvalue weighted by atomic mass is 32.1. The molecule has 0 saturated carbocycles. The zero-order valence-corrected chi connectivity index (χ0v) is 9.52. The van der Waals surface area contributed by atoms with Crippen molar-refractivity contribution >= 4 is 11.3 Å². The van der Waals surface area contributed by atoms with Gasteiger partial charge in [-0.1, -0.05) is 6.07 Å². The molecule has 1 unspecified atom stereocenters. The van der Waals surface area contributed by atoms with Crippen LogP contribution >= 0.6 is 11.3 Å². The Bertz CT molecular complexity index is 283. The first kappa shape index (κ1) is 10.1. The summed E-state index contributed by atoms with van der Waals surface area (Å²) in [4.78, 5) is 3.87. The Morgan fingerprint density at radius 1 is 1.57 bits per heavy atom. The largest absolute Gasteiger partial charge is 0.328 e. The molecule has 1 aliphatic heterocycles. The van der Waals surface area contributed by atoms with Crippen LogP contribution in [0.5, 0.6) is 0 Å². The van der Waals surface area contributed by atoms with E-state index in [1.165, 1.54) is 30.7 Å². The normalized spacial score (nSPS) is 29.3. The van der Waals surface area contributed by atoms with Crippen LogP contribution in [0.1, 0.15) is 24.1 Å². The summed E-state index contributed by atoms with van der Waals surface area (Å²) in [6, 6.07) is 4.35. The highest BCUT2D eigenvalue weighted by Crippen LogP contribution is 2.37. The van der Waals surface area contributed by atoms with Gasteiger partial charge in [-0.15, -0.1) is 11.3 Å². The third-order valence-corrected chi connectivity index (χ3v) is 4.45. The third-order valence-electron chi connectivity index (χ3n) is 3.38. The zero-order chi connectivity index (χ0) is 10.0. The maximum atomic E-state index is 5.98. The van der Waals surface area contributed by atoms with Crippen molar-refractivity contribution < 1.29 is 0 Å². The van der Waals surface area contributed by atoms with Crippen LogP contribution in [-0.4, -0.2) is 25.0 Å². The van der Waals surface area contributed by atoms with Crippen LogP contribution in [0.3, 0.4) is 0 Å². The van der Waals surface area contributed by atoms with Gasteiger partial charge in [-0.2, -0.15) is 0 Å². The van der Waals surface area contributed by atoms with E-state index >= 15 is 0 Å². The van der Waals surface area contributed by atoms with Gasteiger partial charge in [0.15, 0.2) is 0 Å². The molecular formula is C11H18N2S. The Hall–Kier alpha value is -0.380. The van der Waals surface area contributed by atoms with Crippen LogP contribution in [0.2, 0.25) is 0 Å². The Morgan fingerprint density at radius 2 is 2.43 bits per heavy atom. The van der Waals surface area contributed by atoms with Crippen molar-refractivity contribution in [1.82, 2.24) is 4.90 Å². The summed E-state index contributed by atoms with van der Waals surface area (Å²) in [6.45, 7) is 1.92. The number of piperidine rings is 1. The number of nitrogens with zero attached hydrogens (tertiary/aromatic N) is 1. The van der Waals surface area contributed by atoms with Crippen molar-refractivity contribution in [2.24, 2.45) is 5.73 Å². The topological polar surface area (TPSA) is 29.3 Å². The van der Waals surface area contributed by atoms with Crippen LogP contribution in [0.25, 0.3) is 0 Å². The van der Waals surface area contributed by atoms with Crippen molar-refractivity contribution in [3.8, 4) is 0 Å². The lowest BCUT2D eigenvalue weighted by Gasteiger charge is -2.44. The van der Waals surface area contributed by atoms with Crippen molar-refractivity contribution in [2.75, 3.05) is 20.1 Å². The Morgan fingerprint density at radius 3 is 3.00 bits per heavy atom. The van der Waals surface area contributed by atoms with Gasteiger partial charge in [-0.3, -0.25) is 4.90 Å². The van der Waals surface area contributed by atoms with E-state index in [9.17, 15) is 0 Å². The lowest BCUT2D eigenvalue weighted by Crippen LogP contribution is -2.51. The molecule has 2 heterocycles. The van der Waals surface area contributed by atoms with Crippen molar-refractivity contribution in [2.45, 2.75) is 24.8 Å². The molecule has 1 atom stereocenters. The van der Waals surface area contributed by atoms with Gasteiger partial charge in [-0.05, 0) is 44.3 Å². The summed E-state index contributed by atoms with van der Waals surface area (Å²) >= 11 is 1.83. The summed E-state index contributed by atoms with van der Waals surface area (Å²) in [7, 11) is 2.20. The van der Waals surface area contributed by atoms with Gasteiger partial charge in [0.05, 0.1) is 5.54 Å². The van der Waals surface area contributed by atoms with Gasteiger partial charge in [-0.25, -0.2) is 0 Å². The Balaban J connectivity index is 2.32. The Labute approximate surface area is 89.7 Å². The minimum Gasteiger partial charge on any atom is -0.328 e. The number of likely N-dealkylation sites (N-methyl/N-ethyl adjacent to an activating group) is 1. The molecule has 1 saturated heterocycles. The molecule has 0 aromatic carbocycles. The molecule has 0 bridgehead atoms. The molecule has 2 N–H and O–H groups in total. The van der Waals surface area contributed by atoms with Crippen LogP contribution in [0.15, 0.2) is 17.5 Å². The average Bonchev–Trinajstić information content (AvgIpc) is 2.72. The quantitative estimate of drug-likeness (QED) is 0.809. The minimum absolute atomic E-state index is 0.131. The molecule has 2 rings (SSSR count). The molecule has 14 heavy (non-hydrogen) atoms. The zero-order valence-electron chi connectivity index (χ0n) is 8.70. The van der Waals surface area contributed by atoms with E-state index in [0.717, 1.165) is 6.54 Å². The molecular weight excluding hydrogens is 192 g/mol. The summed E-state index contributed by atoms with van der Waals surface area (Å²) in [5, 5.41) is 2.15. The average molecular weight is 210 g/mol. The first-order valence-corrected chi connectivity index (χ1v) is 6.13. The molecule has 0 radical (unpaired) electrons. The highest BCUT2D eigenvalue weighted by Gasteiger charge is 2.37. The van der Waals surface area contributed by atoms with Gasteiger partial charge in [0.1, 0.15) is 0 Å². The third kappa shape index (κ3) is 1.49. The monoisotopic (exact) mass is 210 g/mol. The van der Waals surface area contributed by atoms with E-state index in [1.54, 1.807) is 0 Å². The number of hydrogen-bond acceptors (Lipinski definition) is 3. The summed E-state index contributed by atoms with van der Waals surface area (Å²) in [5.74, 6) is 0. The first-order chi connectivity index (χ1) is 6.79. The second-order valence-electron chi connectivity index (χ2n) is 4.09. The first-order valence-electron chi connectivity index (χ1n) is 5.25. The molecule has 0 aliphatic carbocycles. The molecule has 3 heteroatoms. The van der Waals surface area contributed by atoms with Crippen molar-refractivity contribution in [1.29, 1.82) is 0 Å². The Kier molecular flexibility index (Phi) is 2.91. The van der Waals surface area contributed by atoms with Crippen molar-refractivity contribution in [3.05, 3.63) is 22.4 Å². The molecule has 0 amide bonds. The van der Waals surface area contributed by atoms with Gasteiger partial charge >= 0.3 is 0 Å². The standard InChI is InChI=1S/C11H18N2S/c1-13-7-3-2-6-11(13,9-12)10-5-4-8-14-10/h4-5,8H,2-3,6-7,9,12H2,1H3. The molecule has 1 aromatic heterocycles. The van der Waals surface area contributed by atoms with Gasteiger partial charge in [0, 0.05) is 11.4 Å². The SMILES string of the molecule is CN1CCCCC1(CN)c1cccs1. The summed E-state index contributed by atoms with van der Waals surface area (Å²) in [5.41, 5.74) is 6.12. The van der Waals surface area contributed by atoms with E-state index in [4.69, 9.17) is 5.73 Å². The fourth-order valence-electron chi connectivity index (χ4n) is 2.38. The number of nitrogens with two attached hydrogens (primary N) is 1. The number of rotatable bonds is 2. The smallest absolute Gasteiger partial charge is 0.0675 e. The fourth-order valence-corrected chi connectivity index (χ4v) is 3.41. The van der Waals surface area contributed by atoms with E-state index < -0.39 is 0 Å². The van der Waals surface area contributed by atoms with Crippen LogP contribution in [0.4, 0.5) is 0 Å². The van der Waals surface area contributed by atoms with Crippen molar-refractivity contribution in [3.63, 3.8) is 0 Å². The predicted molar refractivity (Wildman–Crippen MR) is 61.5 cm³/mol. The number of likely N-dealkylation sites (tertiary alicyclic amines) is 1. The maximum absolute atomic E-state index is 5.98. The number of hydrogen-bond donors (Lipinski definition) is 1. The van der Waals surface area contributed by atoms with E-state index in [-0.39, 0.29) is 5.54 Å². The van der Waals surface area contributed by atoms with E-state index in [0.29, 0.717) is 0 Å². The summed E-state index contributed by atoms with van der Waals surface area (Å²) in [6.07, 6.45) is 3.82. The minimum atomic E-state index is 0.131. The van der Waals surface area contributed by atoms with Crippen LogP contribution in [0, 0.1) is 0 Å². The second-order valence-corrected chi connectivity index (χ2v) is 5.04. The molecule has 2 nitrogen and oxygen atoms in total. The van der Waals surface area contributed by atoms with E-state index in [2.05, 4.69) is 29.5 Å². The maximum Gasteiger partial charge on any atom is 0.0675 e. The molecule has 0 spiro atoms. The van der Waals surface area contributed by atoms with Crippen LogP contribution < -0.4 is 5.73 Å².